The maximum atomic E-state index is 7.07. The van der Waals surface area contributed by atoms with Crippen LogP contribution < -0.4 is 0 Å². The second-order valence-corrected chi connectivity index (χ2v) is 12.3. The molecule has 0 N–H and O–H groups in total. The molecule has 0 aliphatic rings. The SMILES string of the molecule is [B]B([B])B(B([B])[B])B(B(B([B])[B])B([B])[B])B(B(B(B([B])[B])B([B])[B])B(B([B])[B])B([B])[BH3-])B(B(B([B])[B])B([B])[B])B(B([B])[B])B([B])B([BH3-])[BH3-]. The predicted octanol–water partition coefficient (Wildman–Crippen LogP) is -20.7. The van der Waals surface area contributed by atoms with Gasteiger partial charge in [-0.1, -0.05) is 14.1 Å². The van der Waals surface area contributed by atoms with Crippen LogP contribution >= 0.6 is 0 Å². The highest BCUT2D eigenvalue weighted by Gasteiger charge is 2.58. The molecule has 0 aliphatic heterocycles. The van der Waals surface area contributed by atoms with E-state index in [0.29, 0.717) is 0 Å². The first-order valence-corrected chi connectivity index (χ1v) is 14.7. The van der Waals surface area contributed by atoms with Crippen LogP contribution in [0.25, 0.3) is 0 Å². The van der Waals surface area contributed by atoms with Crippen LogP contribution in [0.4, 0.5) is 0 Å². The van der Waals surface area contributed by atoms with Gasteiger partial charge in [-0.2, -0.15) is 0 Å². The van der Waals surface area contributed by atoms with Crippen molar-refractivity contribution in [3.8, 4) is 0 Å². The van der Waals surface area contributed by atoms with Crippen molar-refractivity contribution in [2.75, 3.05) is 0 Å². The Hall–Kier alpha value is 3.12. The van der Waals surface area contributed by atoms with E-state index in [9.17, 15) is 0 Å². The Morgan fingerprint density at radius 2 is 0.375 bits per heavy atom. The van der Waals surface area contributed by atoms with Gasteiger partial charge in [0.2, 0.25) is 0 Å². The molecule has 0 nitrogen and oxygen atoms in total. The highest BCUT2D eigenvalue weighted by Crippen LogP contribution is 2.21. The summed E-state index contributed by atoms with van der Waals surface area (Å²) in [5, 5.41) is 0. The Morgan fingerprint density at radius 1 is 0.208 bits per heavy atom. The minimum atomic E-state index is -1.20. The molecule has 0 aromatic rings. The van der Waals surface area contributed by atoms with E-state index in [1.165, 1.54) is 0 Å². The molecule has 0 amide bonds. The Balaban J connectivity index is 9.31. The lowest BCUT2D eigenvalue weighted by Gasteiger charge is -2.57. The molecule has 44 radical (unpaired) electrons. The van der Waals surface area contributed by atoms with E-state index in [-0.39, 0.29) is 21.9 Å². The van der Waals surface area contributed by atoms with Crippen molar-refractivity contribution in [1.82, 2.24) is 0 Å². The summed E-state index contributed by atoms with van der Waals surface area (Å²) >= 11 is 0. The zero-order valence-corrected chi connectivity index (χ0v) is 26.0. The molecule has 48 heavy (non-hydrogen) atoms. The monoisotopic (exact) mass is 538 g/mol. The van der Waals surface area contributed by atoms with Gasteiger partial charge in [0.05, 0.1) is 0 Å². The fraction of sp³-hybridized carbons (Fsp3) is 0. The van der Waals surface area contributed by atoms with Crippen molar-refractivity contribution in [2.24, 2.45) is 0 Å². The summed E-state index contributed by atoms with van der Waals surface area (Å²) in [6.07, 6.45) is -21.6. The second-order valence-electron chi connectivity index (χ2n) is 12.3. The lowest BCUT2D eigenvalue weighted by atomic mass is 8.25. The molecule has 0 unspecified atom stereocenters. The van der Waals surface area contributed by atoms with Crippen molar-refractivity contribution >= 4 is 340 Å². The summed E-state index contributed by atoms with van der Waals surface area (Å²) in [5.41, 5.74) is 0. The van der Waals surface area contributed by atoms with Crippen molar-refractivity contribution in [2.45, 2.75) is 0 Å². The van der Waals surface area contributed by atoms with Gasteiger partial charge in [0.25, 0.3) is 0 Å². The number of hydrogen-bond acceptors (Lipinski definition) is 0. The molecule has 0 heterocycles. The Bertz CT molecular complexity index is 695. The van der Waals surface area contributed by atoms with E-state index in [4.69, 9.17) is 170 Å². The van der Waals surface area contributed by atoms with Gasteiger partial charge in [0.15, 0.2) is 0 Å². The van der Waals surface area contributed by atoms with Gasteiger partial charge in [-0.3, -0.25) is 6.39 Å². The first kappa shape index (κ1) is 51.1. The highest BCUT2D eigenvalue weighted by molar-refractivity contribution is 8.35. The lowest BCUT2D eigenvalue weighted by molar-refractivity contribution is 3.19. The van der Waals surface area contributed by atoms with Gasteiger partial charge in [-0.15, -0.1) is 21.9 Å². The van der Waals surface area contributed by atoms with Gasteiger partial charge >= 0.3 is 0 Å². The molecule has 0 aromatic heterocycles. The maximum Gasteiger partial charge on any atom is -0.0000000000000852 e. The van der Waals surface area contributed by atoms with Crippen LogP contribution in [-0.2, 0) is 0 Å². The summed E-state index contributed by atoms with van der Waals surface area (Å²) in [6, 6.07) is 0. The third-order valence-electron chi connectivity index (χ3n) is 9.11. The van der Waals surface area contributed by atoms with Crippen molar-refractivity contribution in [3.63, 3.8) is 0 Å². The predicted molar refractivity (Wildman–Crippen MR) is 289 cm³/mol. The van der Waals surface area contributed by atoms with E-state index in [2.05, 4.69) is 0 Å². The molecular weight excluding hydrogens is 519 g/mol. The first-order chi connectivity index (χ1) is 21.8. The molecule has 0 atom stereocenters. The molecule has 0 rings (SSSR count). The molecule has 0 saturated heterocycles. The van der Waals surface area contributed by atoms with Gasteiger partial charge in [0, 0.05) is 0 Å². The van der Waals surface area contributed by atoms with Crippen molar-refractivity contribution < 1.29 is 0 Å². The summed E-state index contributed by atoms with van der Waals surface area (Å²) in [7, 11) is 143. The molecule has 0 aliphatic carbocycles. The van der Waals surface area contributed by atoms with Crippen LogP contribution in [0.2, 0.25) is 0 Å². The fourth-order valence-corrected chi connectivity index (χ4v) is 7.44. The van der Waals surface area contributed by atoms with Gasteiger partial charge < -0.3 is 0 Å². The second kappa shape index (κ2) is 23.2. The molecule has 0 aromatic carbocycles. The van der Waals surface area contributed by atoms with Gasteiger partial charge in [0.1, 0.15) is 0 Å². The maximum absolute atomic E-state index is 7.07. The van der Waals surface area contributed by atoms with Crippen LogP contribution in [0.1, 0.15) is 0 Å². The summed E-state index contributed by atoms with van der Waals surface area (Å²) < 4.78 is 0. The average molecular weight is 528 g/mol. The Labute approximate surface area is 337 Å². The Morgan fingerprint density at radius 3 is 0.542 bits per heavy atom. The summed E-state index contributed by atoms with van der Waals surface area (Å²) in [5.74, 6) is 0. The van der Waals surface area contributed by atoms with E-state index in [1.54, 1.807) is 0 Å². The van der Waals surface area contributed by atoms with Crippen molar-refractivity contribution in [1.29, 1.82) is 0 Å². The third-order valence-corrected chi connectivity index (χ3v) is 9.11. The van der Waals surface area contributed by atoms with Crippen LogP contribution in [0.15, 0.2) is 0 Å². The van der Waals surface area contributed by atoms with E-state index < -0.39 is 148 Å². The fourth-order valence-electron chi connectivity index (χ4n) is 7.44. The molecule has 0 fully saturated rings. The molecular formula is H9B48-3. The minimum Gasteiger partial charge on any atom is -0.262 e. The third kappa shape index (κ3) is 13.7. The molecule has 0 bridgehead atoms. The number of hydrogen-bond donors (Lipinski definition) is 0. The van der Waals surface area contributed by atoms with E-state index >= 15 is 0 Å². The lowest BCUT2D eigenvalue weighted by Crippen LogP contribution is -2.94. The number of rotatable bonds is 22. The highest BCUT2D eigenvalue weighted by atomic mass is 13.4. The molecule has 48 heteroatoms. The molecule has 0 saturated carbocycles. The van der Waals surface area contributed by atoms with Crippen LogP contribution in [0.3, 0.4) is 0 Å². The first-order valence-electron chi connectivity index (χ1n) is 14.7. The van der Waals surface area contributed by atoms with Crippen LogP contribution in [-0.4, -0.2) is 340 Å². The minimum absolute atomic E-state index is 0.259. The summed E-state index contributed by atoms with van der Waals surface area (Å²) in [6.45, 7) is 0. The largest absolute Gasteiger partial charge is 0.262 e. The smallest absolute Gasteiger partial charge is 0.0000000000000852 e. The van der Waals surface area contributed by atoms with Crippen molar-refractivity contribution in [3.05, 3.63) is 0 Å². The van der Waals surface area contributed by atoms with Gasteiger partial charge in [-0.05, 0) is 298 Å². The standard InChI is InChI=1S/B48H9/c1-26(2)38(25)44(37(23)24)47(43(35(19)20)36(21)22)48(45(39(27(3)4)28(5)6)40(29(7)8)30(9)10)46(41(31(11)12)32(13)14)42(33(15)16)34(17)18/h1-3H3/q-3. The topological polar surface area (TPSA) is 0 Å². The molecule has 0 spiro atoms. The van der Waals surface area contributed by atoms with E-state index in [1.807, 2.05) is 0 Å². The normalized spacial score (nSPS) is 9.73. The van der Waals surface area contributed by atoms with Crippen LogP contribution in [0.5, 0.6) is 0 Å². The Kier molecular flexibility index (Phi) is 24.8. The quantitative estimate of drug-likeness (QED) is 0.123. The zero-order chi connectivity index (χ0) is 38.3. The van der Waals surface area contributed by atoms with Crippen LogP contribution in [0, 0.1) is 0 Å². The molecule has 156 valence electrons. The van der Waals surface area contributed by atoms with Gasteiger partial charge in [-0.25, -0.2) is 0 Å². The summed E-state index contributed by atoms with van der Waals surface area (Å²) in [4.78, 5) is 0. The average Bonchev–Trinajstić information content (AvgIpc) is 2.86. The van der Waals surface area contributed by atoms with E-state index in [0.717, 1.165) is 0 Å². The zero-order valence-electron chi connectivity index (χ0n) is 26.0.